The maximum Gasteiger partial charge on any atom is 0.261 e. The Labute approximate surface area is 288 Å². The molecule has 0 spiro atoms. The lowest BCUT2D eigenvalue weighted by molar-refractivity contribution is -0.916. The van der Waals surface area contributed by atoms with Crippen LogP contribution in [0.1, 0.15) is 80.1 Å². The van der Waals surface area contributed by atoms with Gasteiger partial charge in [0, 0.05) is 38.1 Å². The van der Waals surface area contributed by atoms with Crippen molar-refractivity contribution in [1.82, 2.24) is 9.55 Å². The Bertz CT molecular complexity index is 1810. The van der Waals surface area contributed by atoms with Crippen LogP contribution in [0.5, 0.6) is 5.75 Å². The normalized spacial score (nSPS) is 13.9. The van der Waals surface area contributed by atoms with Crippen molar-refractivity contribution in [2.24, 2.45) is 0 Å². The molecule has 2 heterocycles. The van der Waals surface area contributed by atoms with E-state index in [0.29, 0.717) is 35.6 Å². The number of hydrogen-bond acceptors (Lipinski definition) is 5. The van der Waals surface area contributed by atoms with Crippen molar-refractivity contribution in [3.63, 3.8) is 0 Å². The third kappa shape index (κ3) is 9.03. The fourth-order valence-corrected chi connectivity index (χ4v) is 6.82. The number of rotatable bonds is 14. The fourth-order valence-electron chi connectivity index (χ4n) is 6.82. The molecular formula is C39H50F2N5O3+. The van der Waals surface area contributed by atoms with Crippen molar-refractivity contribution in [1.29, 1.82) is 0 Å². The predicted octanol–water partition coefficient (Wildman–Crippen LogP) is 8.03. The van der Waals surface area contributed by atoms with Crippen LogP contribution in [0.15, 0.2) is 59.5 Å². The summed E-state index contributed by atoms with van der Waals surface area (Å²) in [5.74, 6) is -1.13. The molecule has 1 aliphatic carbocycles. The van der Waals surface area contributed by atoms with Gasteiger partial charge in [0.25, 0.3) is 5.91 Å². The molecule has 8 nitrogen and oxygen atoms in total. The minimum absolute atomic E-state index is 0.0944. The standard InChI is InChI=1S/C39H49F2N5O3/c1-27-16-17-31(25-35(27)49-21-13-8-6-7-12-20-46(4,5)32-14-10-9-11-15-32)45-26-34(39(48)42-30-23-28(40)22-29(41)24-30)37(47)33-18-19-36(44(2)3)43-38(33)45/h16-19,22-26,32H,6-15,20-21H2,1-5H3/p+1. The predicted molar refractivity (Wildman–Crippen MR) is 193 cm³/mol. The van der Waals surface area contributed by atoms with Gasteiger partial charge < -0.3 is 24.0 Å². The lowest BCUT2D eigenvalue weighted by Gasteiger charge is -2.40. The molecule has 10 heteroatoms. The molecule has 5 rings (SSSR count). The van der Waals surface area contributed by atoms with E-state index < -0.39 is 23.0 Å². The summed E-state index contributed by atoms with van der Waals surface area (Å²) in [5.41, 5.74) is 1.15. The quantitative estimate of drug-likeness (QED) is 0.108. The number of ether oxygens (including phenoxy) is 1. The average Bonchev–Trinajstić information content (AvgIpc) is 3.06. The second kappa shape index (κ2) is 15.9. The van der Waals surface area contributed by atoms with Gasteiger partial charge in [-0.1, -0.05) is 25.3 Å². The first kappa shape index (κ1) is 36.0. The van der Waals surface area contributed by atoms with E-state index in [1.807, 2.05) is 44.1 Å². The SMILES string of the molecule is Cc1ccc(-n2cc(C(=O)Nc3cc(F)cc(F)c3)c(=O)c3ccc(N(C)C)nc32)cc1OCCCCCCC[N+](C)(C)C1CCCCC1. The minimum Gasteiger partial charge on any atom is -0.493 e. The fraction of sp³-hybridized carbons (Fsp3) is 0.462. The molecule has 0 saturated heterocycles. The van der Waals surface area contributed by atoms with Gasteiger partial charge in [0.05, 0.1) is 44.4 Å². The monoisotopic (exact) mass is 674 g/mol. The number of benzene rings is 2. The van der Waals surface area contributed by atoms with Crippen molar-refractivity contribution < 1.29 is 22.8 Å². The van der Waals surface area contributed by atoms with Gasteiger partial charge in [-0.05, 0) is 87.8 Å². The topological polar surface area (TPSA) is 76.5 Å². The Morgan fingerprint density at radius 1 is 0.959 bits per heavy atom. The zero-order chi connectivity index (χ0) is 35.1. The first-order chi connectivity index (χ1) is 23.4. The minimum atomic E-state index is -0.841. The van der Waals surface area contributed by atoms with Crippen molar-refractivity contribution in [3.05, 3.63) is 87.7 Å². The molecule has 1 aliphatic rings. The van der Waals surface area contributed by atoms with Crippen LogP contribution in [0.2, 0.25) is 0 Å². The molecule has 0 atom stereocenters. The van der Waals surface area contributed by atoms with Crippen LogP contribution in [0.3, 0.4) is 0 Å². The summed E-state index contributed by atoms with van der Waals surface area (Å²) in [7, 11) is 8.51. The van der Waals surface area contributed by atoms with E-state index in [0.717, 1.165) is 41.1 Å². The van der Waals surface area contributed by atoms with Gasteiger partial charge >= 0.3 is 0 Å². The molecule has 49 heavy (non-hydrogen) atoms. The molecule has 1 fully saturated rings. The highest BCUT2D eigenvalue weighted by Crippen LogP contribution is 2.28. The summed E-state index contributed by atoms with van der Waals surface area (Å²) in [6.45, 7) is 3.80. The Morgan fingerprint density at radius 3 is 2.37 bits per heavy atom. The molecule has 0 aliphatic heterocycles. The second-order valence-electron chi connectivity index (χ2n) is 14.1. The van der Waals surface area contributed by atoms with Gasteiger partial charge in [-0.15, -0.1) is 0 Å². The second-order valence-corrected chi connectivity index (χ2v) is 14.1. The number of pyridine rings is 2. The Morgan fingerprint density at radius 2 is 1.65 bits per heavy atom. The van der Waals surface area contributed by atoms with Crippen molar-refractivity contribution >= 4 is 28.4 Å². The highest BCUT2D eigenvalue weighted by molar-refractivity contribution is 6.05. The number of hydrogen-bond donors (Lipinski definition) is 1. The Kier molecular flexibility index (Phi) is 11.7. The number of carbonyl (C=O) groups excluding carboxylic acids is 1. The molecule has 0 bridgehead atoms. The Balaban J connectivity index is 1.29. The van der Waals surface area contributed by atoms with Crippen LogP contribution >= 0.6 is 0 Å². The van der Waals surface area contributed by atoms with Gasteiger partial charge in [-0.2, -0.15) is 0 Å². The lowest BCUT2D eigenvalue weighted by atomic mass is 9.93. The number of aryl methyl sites for hydroxylation is 1. The largest absolute Gasteiger partial charge is 0.493 e. The van der Waals surface area contributed by atoms with Crippen LogP contribution in [0.4, 0.5) is 20.3 Å². The number of nitrogens with one attached hydrogen (secondary N) is 1. The number of fused-ring (bicyclic) bond motifs is 1. The van der Waals surface area contributed by atoms with Crippen LogP contribution in [0.25, 0.3) is 16.7 Å². The van der Waals surface area contributed by atoms with E-state index in [2.05, 4.69) is 19.4 Å². The van der Waals surface area contributed by atoms with Gasteiger partial charge in [-0.3, -0.25) is 9.59 Å². The molecule has 0 unspecified atom stereocenters. The van der Waals surface area contributed by atoms with E-state index in [1.54, 1.807) is 16.7 Å². The van der Waals surface area contributed by atoms with Crippen LogP contribution < -0.4 is 20.4 Å². The number of carbonyl (C=O) groups is 1. The van der Waals surface area contributed by atoms with Gasteiger partial charge in [0.1, 0.15) is 28.8 Å². The number of quaternary nitrogens is 1. The number of amides is 1. The van der Waals surface area contributed by atoms with Crippen LogP contribution in [-0.4, -0.2) is 67.3 Å². The summed E-state index contributed by atoms with van der Waals surface area (Å²) in [4.78, 5) is 33.5. The van der Waals surface area contributed by atoms with Gasteiger partial charge in [-0.25, -0.2) is 13.8 Å². The molecule has 262 valence electrons. The van der Waals surface area contributed by atoms with E-state index in [9.17, 15) is 18.4 Å². The molecule has 0 radical (unpaired) electrons. The maximum absolute atomic E-state index is 13.8. The van der Waals surface area contributed by atoms with Crippen LogP contribution in [-0.2, 0) is 0 Å². The highest BCUT2D eigenvalue weighted by atomic mass is 19.1. The number of aromatic nitrogens is 2. The van der Waals surface area contributed by atoms with Crippen LogP contribution in [0, 0.1) is 18.6 Å². The first-order valence-electron chi connectivity index (χ1n) is 17.5. The van der Waals surface area contributed by atoms with Gasteiger partial charge in [0.2, 0.25) is 5.43 Å². The summed E-state index contributed by atoms with van der Waals surface area (Å²) in [6, 6.07) is 12.6. The smallest absolute Gasteiger partial charge is 0.261 e. The molecule has 4 aromatic rings. The molecule has 1 amide bonds. The van der Waals surface area contributed by atoms with E-state index in [4.69, 9.17) is 9.72 Å². The number of anilines is 2. The molecule has 1 N–H and O–H groups in total. The lowest BCUT2D eigenvalue weighted by Crippen LogP contribution is -2.50. The molecule has 1 saturated carbocycles. The number of halogens is 2. The third-order valence-corrected chi connectivity index (χ3v) is 9.81. The zero-order valence-electron chi connectivity index (χ0n) is 29.5. The zero-order valence-corrected chi connectivity index (χ0v) is 29.5. The highest BCUT2D eigenvalue weighted by Gasteiger charge is 2.29. The van der Waals surface area contributed by atoms with Gasteiger partial charge in [0.15, 0.2) is 5.65 Å². The molecule has 2 aromatic heterocycles. The van der Waals surface area contributed by atoms with E-state index in [-0.39, 0.29) is 16.6 Å². The number of unbranched alkanes of at least 4 members (excludes halogenated alkanes) is 4. The van der Waals surface area contributed by atoms with Crippen molar-refractivity contribution in [3.8, 4) is 11.4 Å². The van der Waals surface area contributed by atoms with E-state index in [1.165, 1.54) is 64.1 Å². The van der Waals surface area contributed by atoms with Crippen molar-refractivity contribution in [2.45, 2.75) is 77.2 Å². The third-order valence-electron chi connectivity index (χ3n) is 9.81. The number of nitrogens with zero attached hydrogens (tertiary/aromatic N) is 4. The summed E-state index contributed by atoms with van der Waals surface area (Å²) in [5, 5.41) is 2.69. The maximum atomic E-state index is 13.8. The van der Waals surface area contributed by atoms with E-state index >= 15 is 0 Å². The average molecular weight is 675 g/mol. The summed E-state index contributed by atoms with van der Waals surface area (Å²) in [6.07, 6.45) is 14.0. The molecular weight excluding hydrogens is 624 g/mol. The van der Waals surface area contributed by atoms with Crippen molar-refractivity contribution in [2.75, 3.05) is 51.6 Å². The summed E-state index contributed by atoms with van der Waals surface area (Å²) >= 11 is 0. The first-order valence-corrected chi connectivity index (χ1v) is 17.5. The molecule has 2 aromatic carbocycles. The summed E-state index contributed by atoms with van der Waals surface area (Å²) < 4.78 is 36.7. The Hall–Kier alpha value is -4.31.